The van der Waals surface area contributed by atoms with Crippen LogP contribution < -0.4 is 5.73 Å². The maximum absolute atomic E-state index is 6.08. The fourth-order valence-corrected chi connectivity index (χ4v) is 4.12. The number of hydrogen-bond acceptors (Lipinski definition) is 1. The summed E-state index contributed by atoms with van der Waals surface area (Å²) in [6.45, 7) is 0. The van der Waals surface area contributed by atoms with Gasteiger partial charge in [-0.15, -0.1) is 0 Å². The summed E-state index contributed by atoms with van der Waals surface area (Å²) < 4.78 is 0. The molecule has 0 unspecified atom stereocenters. The molecule has 0 aromatic carbocycles. The minimum Gasteiger partial charge on any atom is -0.327 e. The van der Waals surface area contributed by atoms with Crippen LogP contribution in [0.4, 0.5) is 0 Å². The lowest BCUT2D eigenvalue weighted by Gasteiger charge is -2.28. The second-order valence-electron chi connectivity index (χ2n) is 4.82. The Morgan fingerprint density at radius 1 is 0.909 bits per heavy atom. The fraction of sp³-hybridized carbons (Fsp3) is 1.00. The zero-order valence-corrected chi connectivity index (χ0v) is 7.00. The first-order valence-corrected chi connectivity index (χ1v) is 5.12. The summed E-state index contributed by atoms with van der Waals surface area (Å²) >= 11 is 0. The van der Waals surface area contributed by atoms with Gasteiger partial charge in [0.2, 0.25) is 0 Å². The molecule has 3 aliphatic rings. The molecule has 0 amide bonds. The number of fused-ring (bicyclic) bond motifs is 5. The molecule has 0 aliphatic heterocycles. The quantitative estimate of drug-likeness (QED) is 0.561. The Morgan fingerprint density at radius 2 is 1.73 bits per heavy atom. The Balaban J connectivity index is 1.90. The van der Waals surface area contributed by atoms with E-state index in [-0.39, 0.29) is 0 Å². The Bertz CT molecular complexity index is 178. The molecule has 62 valence electrons. The van der Waals surface area contributed by atoms with Crippen molar-refractivity contribution in [3.63, 3.8) is 0 Å². The summed E-state index contributed by atoms with van der Waals surface area (Å²) in [6, 6.07) is 0.583. The first kappa shape index (κ1) is 6.47. The summed E-state index contributed by atoms with van der Waals surface area (Å²) in [5.41, 5.74) is 6.08. The first-order valence-electron chi connectivity index (χ1n) is 5.12. The Hall–Kier alpha value is -0.0400. The zero-order valence-electron chi connectivity index (χ0n) is 7.00. The van der Waals surface area contributed by atoms with Crippen molar-refractivity contribution < 1.29 is 0 Å². The molecular weight excluding hydrogens is 134 g/mol. The molecule has 0 aromatic rings. The molecular formula is C10H17N. The maximum Gasteiger partial charge on any atom is 0.00727 e. The van der Waals surface area contributed by atoms with Crippen molar-refractivity contribution in [2.45, 2.75) is 38.1 Å². The van der Waals surface area contributed by atoms with Gasteiger partial charge >= 0.3 is 0 Å². The van der Waals surface area contributed by atoms with Gasteiger partial charge in [-0.25, -0.2) is 0 Å². The van der Waals surface area contributed by atoms with Crippen LogP contribution in [0.2, 0.25) is 0 Å². The fourth-order valence-electron chi connectivity index (χ4n) is 4.12. The molecule has 11 heavy (non-hydrogen) atoms. The molecule has 0 spiro atoms. The van der Waals surface area contributed by atoms with E-state index in [2.05, 4.69) is 0 Å². The normalized spacial score (nSPS) is 60.3. The average Bonchev–Trinajstić information content (AvgIpc) is 2.52. The largest absolute Gasteiger partial charge is 0.327 e. The van der Waals surface area contributed by atoms with Crippen LogP contribution in [0, 0.1) is 23.7 Å². The van der Waals surface area contributed by atoms with Crippen molar-refractivity contribution in [3.05, 3.63) is 0 Å². The van der Waals surface area contributed by atoms with Crippen LogP contribution in [0.1, 0.15) is 32.1 Å². The predicted octanol–water partition coefficient (Wildman–Crippen LogP) is 1.77. The smallest absolute Gasteiger partial charge is 0.00727 e. The van der Waals surface area contributed by atoms with Gasteiger partial charge in [0.1, 0.15) is 0 Å². The van der Waals surface area contributed by atoms with Crippen molar-refractivity contribution in [1.29, 1.82) is 0 Å². The molecule has 0 heterocycles. The van der Waals surface area contributed by atoms with Gasteiger partial charge < -0.3 is 5.73 Å². The molecule has 0 radical (unpaired) electrons. The topological polar surface area (TPSA) is 26.0 Å². The monoisotopic (exact) mass is 151 g/mol. The van der Waals surface area contributed by atoms with Crippen LogP contribution in [0.25, 0.3) is 0 Å². The summed E-state index contributed by atoms with van der Waals surface area (Å²) in [7, 11) is 0. The van der Waals surface area contributed by atoms with Crippen LogP contribution >= 0.6 is 0 Å². The average molecular weight is 151 g/mol. The molecule has 5 atom stereocenters. The SMILES string of the molecule is N[C@@H]1C[C@H]2C[C@H]1[C@@H]1CCC[C@H]21. The highest BCUT2D eigenvalue weighted by Gasteiger charge is 2.52. The van der Waals surface area contributed by atoms with Crippen LogP contribution in [0.5, 0.6) is 0 Å². The summed E-state index contributed by atoms with van der Waals surface area (Å²) in [4.78, 5) is 0. The molecule has 2 N–H and O–H groups in total. The lowest BCUT2D eigenvalue weighted by Crippen LogP contribution is -2.34. The summed E-state index contributed by atoms with van der Waals surface area (Å²) in [5.74, 6) is 4.15. The van der Waals surface area contributed by atoms with E-state index in [4.69, 9.17) is 5.73 Å². The Labute approximate surface area is 68.3 Å². The van der Waals surface area contributed by atoms with Crippen LogP contribution in [-0.2, 0) is 0 Å². The van der Waals surface area contributed by atoms with Crippen molar-refractivity contribution in [3.8, 4) is 0 Å². The summed E-state index contributed by atoms with van der Waals surface area (Å²) in [6.07, 6.45) is 7.36. The predicted molar refractivity (Wildman–Crippen MR) is 45.0 cm³/mol. The van der Waals surface area contributed by atoms with Gasteiger partial charge in [-0.1, -0.05) is 6.42 Å². The second-order valence-corrected chi connectivity index (χ2v) is 4.82. The van der Waals surface area contributed by atoms with E-state index < -0.39 is 0 Å². The first-order chi connectivity index (χ1) is 5.36. The second kappa shape index (κ2) is 2.01. The summed E-state index contributed by atoms with van der Waals surface area (Å²) in [5, 5.41) is 0. The highest BCUT2D eigenvalue weighted by atomic mass is 14.7. The van der Waals surface area contributed by atoms with Crippen molar-refractivity contribution in [2.24, 2.45) is 29.4 Å². The van der Waals surface area contributed by atoms with Gasteiger partial charge in [0.15, 0.2) is 0 Å². The molecule has 3 fully saturated rings. The van der Waals surface area contributed by atoms with Gasteiger partial charge in [-0.2, -0.15) is 0 Å². The minimum atomic E-state index is 0.583. The third kappa shape index (κ3) is 0.703. The minimum absolute atomic E-state index is 0.583. The Kier molecular flexibility index (Phi) is 1.18. The van der Waals surface area contributed by atoms with E-state index in [1.165, 1.54) is 32.1 Å². The van der Waals surface area contributed by atoms with Crippen LogP contribution in [0.3, 0.4) is 0 Å². The molecule has 3 aliphatic carbocycles. The van der Waals surface area contributed by atoms with Crippen molar-refractivity contribution in [1.82, 2.24) is 0 Å². The number of rotatable bonds is 0. The Morgan fingerprint density at radius 3 is 2.64 bits per heavy atom. The van der Waals surface area contributed by atoms with Crippen molar-refractivity contribution >= 4 is 0 Å². The van der Waals surface area contributed by atoms with Gasteiger partial charge in [-0.05, 0) is 49.4 Å². The van der Waals surface area contributed by atoms with E-state index in [0.29, 0.717) is 6.04 Å². The highest BCUT2D eigenvalue weighted by Crippen LogP contribution is 2.58. The van der Waals surface area contributed by atoms with Gasteiger partial charge in [0, 0.05) is 6.04 Å². The van der Waals surface area contributed by atoms with E-state index in [1.54, 1.807) is 0 Å². The van der Waals surface area contributed by atoms with E-state index in [0.717, 1.165) is 23.7 Å². The third-order valence-electron chi connectivity index (χ3n) is 4.48. The molecule has 2 bridgehead atoms. The van der Waals surface area contributed by atoms with Gasteiger partial charge in [-0.3, -0.25) is 0 Å². The standard InChI is InChI=1S/C10H17N/c11-10-5-6-4-9(10)8-3-1-2-7(6)8/h6-10H,1-5,11H2/t6-,7-,8-,9+,10-/m1/s1. The third-order valence-corrected chi connectivity index (χ3v) is 4.48. The number of hydrogen-bond donors (Lipinski definition) is 1. The van der Waals surface area contributed by atoms with E-state index >= 15 is 0 Å². The van der Waals surface area contributed by atoms with Gasteiger partial charge in [0.25, 0.3) is 0 Å². The van der Waals surface area contributed by atoms with Gasteiger partial charge in [0.05, 0.1) is 0 Å². The molecule has 0 aromatic heterocycles. The molecule has 3 saturated carbocycles. The van der Waals surface area contributed by atoms with E-state index in [9.17, 15) is 0 Å². The van der Waals surface area contributed by atoms with Crippen LogP contribution in [0.15, 0.2) is 0 Å². The van der Waals surface area contributed by atoms with E-state index in [1.807, 2.05) is 0 Å². The zero-order chi connectivity index (χ0) is 7.42. The maximum atomic E-state index is 6.08. The lowest BCUT2D eigenvalue weighted by molar-refractivity contribution is 0.234. The molecule has 3 rings (SSSR count). The molecule has 1 heteroatoms. The molecule has 1 nitrogen and oxygen atoms in total. The lowest BCUT2D eigenvalue weighted by atomic mass is 9.79. The molecule has 0 saturated heterocycles. The van der Waals surface area contributed by atoms with Crippen molar-refractivity contribution in [2.75, 3.05) is 0 Å². The highest BCUT2D eigenvalue weighted by molar-refractivity contribution is 5.04. The van der Waals surface area contributed by atoms with Crippen LogP contribution in [-0.4, -0.2) is 6.04 Å². The number of nitrogens with two attached hydrogens (primary N) is 1.